The van der Waals surface area contributed by atoms with Crippen LogP contribution in [0.4, 0.5) is 11.5 Å². The third kappa shape index (κ3) is 4.68. The lowest BCUT2D eigenvalue weighted by atomic mass is 10.1. The van der Waals surface area contributed by atoms with Crippen LogP contribution in [0.1, 0.15) is 20.7 Å². The van der Waals surface area contributed by atoms with E-state index in [2.05, 4.69) is 31.5 Å². The molecule has 27 heavy (non-hydrogen) atoms. The van der Waals surface area contributed by atoms with Crippen LogP contribution in [0.2, 0.25) is 0 Å². The molecule has 2 heterocycles. The summed E-state index contributed by atoms with van der Waals surface area (Å²) >= 11 is 3.28. The Bertz CT molecular complexity index is 1060. The fraction of sp³-hybridized carbons (Fsp3) is 0.0526. The summed E-state index contributed by atoms with van der Waals surface area (Å²) in [4.78, 5) is 40.4. The van der Waals surface area contributed by atoms with Crippen molar-refractivity contribution < 1.29 is 9.59 Å². The molecule has 136 valence electrons. The van der Waals surface area contributed by atoms with Gasteiger partial charge >= 0.3 is 0 Å². The van der Waals surface area contributed by atoms with E-state index in [1.807, 2.05) is 0 Å². The maximum Gasteiger partial charge on any atom is 0.256 e. The number of benzene rings is 1. The van der Waals surface area contributed by atoms with E-state index >= 15 is 0 Å². The van der Waals surface area contributed by atoms with Crippen LogP contribution in [0.3, 0.4) is 0 Å². The smallest absolute Gasteiger partial charge is 0.256 e. The zero-order valence-corrected chi connectivity index (χ0v) is 15.9. The third-order valence-electron chi connectivity index (χ3n) is 3.72. The molecule has 3 rings (SSSR count). The lowest BCUT2D eigenvalue weighted by Gasteiger charge is -2.08. The third-order valence-corrected chi connectivity index (χ3v) is 4.19. The van der Waals surface area contributed by atoms with E-state index in [-0.39, 0.29) is 17.0 Å². The highest BCUT2D eigenvalue weighted by Crippen LogP contribution is 2.15. The molecule has 8 heteroatoms. The zero-order valence-electron chi connectivity index (χ0n) is 14.3. The number of aromatic nitrogens is 2. The monoisotopic (exact) mass is 426 g/mol. The quantitative estimate of drug-likeness (QED) is 0.670. The highest BCUT2D eigenvalue weighted by atomic mass is 79.9. The van der Waals surface area contributed by atoms with Gasteiger partial charge in [-0.3, -0.25) is 14.4 Å². The Labute approximate surface area is 163 Å². The Hall–Kier alpha value is -3.26. The van der Waals surface area contributed by atoms with E-state index in [1.54, 1.807) is 55.7 Å². The molecule has 0 atom stereocenters. The van der Waals surface area contributed by atoms with Crippen molar-refractivity contribution >= 4 is 39.2 Å². The van der Waals surface area contributed by atoms with Crippen LogP contribution in [0, 0.1) is 0 Å². The standard InChI is InChI=1S/C19H15BrN4O3/c1-24-8-7-13(10-17(24)25)18(26)22-15-4-2-3-12(9-15)19(27)23-16-6-5-14(20)11-21-16/h2-11H,1H3,(H,22,26)(H,21,23,27). The molecule has 0 aliphatic carbocycles. The second kappa shape index (κ2) is 7.96. The normalized spacial score (nSPS) is 10.3. The van der Waals surface area contributed by atoms with Gasteiger partial charge < -0.3 is 15.2 Å². The minimum absolute atomic E-state index is 0.243. The van der Waals surface area contributed by atoms with Gasteiger partial charge in [-0.05, 0) is 52.3 Å². The Balaban J connectivity index is 1.73. The summed E-state index contributed by atoms with van der Waals surface area (Å²) in [6.45, 7) is 0. The summed E-state index contributed by atoms with van der Waals surface area (Å²) < 4.78 is 2.18. The Morgan fingerprint density at radius 3 is 2.44 bits per heavy atom. The predicted octanol–water partition coefficient (Wildman–Crippen LogP) is 3.05. The molecule has 2 aromatic heterocycles. The van der Waals surface area contributed by atoms with Crippen LogP contribution in [0.25, 0.3) is 0 Å². The van der Waals surface area contributed by atoms with Crippen molar-refractivity contribution in [2.24, 2.45) is 7.05 Å². The Kier molecular flexibility index (Phi) is 5.46. The number of pyridine rings is 2. The minimum atomic E-state index is -0.431. The summed E-state index contributed by atoms with van der Waals surface area (Å²) in [5, 5.41) is 5.37. The summed E-state index contributed by atoms with van der Waals surface area (Å²) in [5.74, 6) is -0.368. The molecule has 0 aliphatic rings. The molecule has 3 aromatic rings. The van der Waals surface area contributed by atoms with Crippen LogP contribution in [0.5, 0.6) is 0 Å². The molecular formula is C19H15BrN4O3. The van der Waals surface area contributed by atoms with Crippen molar-refractivity contribution in [3.63, 3.8) is 0 Å². The van der Waals surface area contributed by atoms with E-state index in [0.717, 1.165) is 4.47 Å². The fourth-order valence-corrected chi connectivity index (χ4v) is 2.50. The maximum absolute atomic E-state index is 12.4. The number of hydrogen-bond acceptors (Lipinski definition) is 4. The molecule has 2 N–H and O–H groups in total. The van der Waals surface area contributed by atoms with Gasteiger partial charge in [-0.25, -0.2) is 4.98 Å². The van der Waals surface area contributed by atoms with Gasteiger partial charge in [0.05, 0.1) is 0 Å². The fourth-order valence-electron chi connectivity index (χ4n) is 2.27. The van der Waals surface area contributed by atoms with E-state index in [0.29, 0.717) is 17.1 Å². The predicted molar refractivity (Wildman–Crippen MR) is 106 cm³/mol. The number of amides is 2. The number of aryl methyl sites for hydroxylation is 1. The van der Waals surface area contributed by atoms with Gasteiger partial charge in [0.2, 0.25) is 0 Å². The first-order valence-corrected chi connectivity index (χ1v) is 8.73. The Morgan fingerprint density at radius 2 is 1.74 bits per heavy atom. The zero-order chi connectivity index (χ0) is 19.4. The lowest BCUT2D eigenvalue weighted by Crippen LogP contribution is -2.20. The van der Waals surface area contributed by atoms with E-state index in [9.17, 15) is 14.4 Å². The summed E-state index contributed by atoms with van der Waals surface area (Å²) in [7, 11) is 1.60. The summed E-state index contributed by atoms with van der Waals surface area (Å²) in [6.07, 6.45) is 3.10. The molecular weight excluding hydrogens is 412 g/mol. The topological polar surface area (TPSA) is 93.1 Å². The molecule has 7 nitrogen and oxygen atoms in total. The average Bonchev–Trinajstić information content (AvgIpc) is 2.66. The van der Waals surface area contributed by atoms with Crippen molar-refractivity contribution in [3.8, 4) is 0 Å². The van der Waals surface area contributed by atoms with Crippen LogP contribution >= 0.6 is 15.9 Å². The van der Waals surface area contributed by atoms with Gasteiger partial charge in [0.15, 0.2) is 0 Å². The molecule has 0 unspecified atom stereocenters. The van der Waals surface area contributed by atoms with Crippen LogP contribution in [-0.2, 0) is 7.05 Å². The largest absolute Gasteiger partial charge is 0.322 e. The number of carbonyl (C=O) groups is 2. The average molecular weight is 427 g/mol. The van der Waals surface area contributed by atoms with Gasteiger partial charge in [0, 0.05) is 46.8 Å². The number of nitrogens with zero attached hydrogens (tertiary/aromatic N) is 2. The number of hydrogen-bond donors (Lipinski definition) is 2. The molecule has 0 spiro atoms. The van der Waals surface area contributed by atoms with Crippen molar-refractivity contribution in [3.05, 3.63) is 86.9 Å². The highest BCUT2D eigenvalue weighted by Gasteiger charge is 2.11. The Morgan fingerprint density at radius 1 is 1.00 bits per heavy atom. The van der Waals surface area contributed by atoms with E-state index < -0.39 is 5.91 Å². The second-order valence-electron chi connectivity index (χ2n) is 5.72. The van der Waals surface area contributed by atoms with Crippen LogP contribution < -0.4 is 16.2 Å². The molecule has 2 amide bonds. The summed E-state index contributed by atoms with van der Waals surface area (Å²) in [5.41, 5.74) is 0.767. The molecule has 0 saturated carbocycles. The van der Waals surface area contributed by atoms with Crippen molar-refractivity contribution in [2.75, 3.05) is 10.6 Å². The van der Waals surface area contributed by atoms with Crippen molar-refractivity contribution in [2.45, 2.75) is 0 Å². The minimum Gasteiger partial charge on any atom is -0.322 e. The number of nitrogens with one attached hydrogen (secondary N) is 2. The van der Waals surface area contributed by atoms with Crippen LogP contribution in [-0.4, -0.2) is 21.4 Å². The first-order valence-electron chi connectivity index (χ1n) is 7.93. The lowest BCUT2D eigenvalue weighted by molar-refractivity contribution is 0.101. The highest BCUT2D eigenvalue weighted by molar-refractivity contribution is 9.10. The number of anilines is 2. The van der Waals surface area contributed by atoms with Gasteiger partial charge in [0.1, 0.15) is 5.82 Å². The number of carbonyl (C=O) groups excluding carboxylic acids is 2. The van der Waals surface area contributed by atoms with Crippen molar-refractivity contribution in [1.29, 1.82) is 0 Å². The van der Waals surface area contributed by atoms with E-state index in [4.69, 9.17) is 0 Å². The molecule has 0 fully saturated rings. The molecule has 0 aliphatic heterocycles. The molecule has 1 aromatic carbocycles. The maximum atomic E-state index is 12.4. The SMILES string of the molecule is Cn1ccc(C(=O)Nc2cccc(C(=O)Nc3ccc(Br)cn3)c2)cc1=O. The van der Waals surface area contributed by atoms with Crippen molar-refractivity contribution in [1.82, 2.24) is 9.55 Å². The first-order chi connectivity index (χ1) is 12.9. The van der Waals surface area contributed by atoms with Gasteiger partial charge in [-0.15, -0.1) is 0 Å². The van der Waals surface area contributed by atoms with Gasteiger partial charge in [-0.1, -0.05) is 6.07 Å². The number of halogens is 1. The van der Waals surface area contributed by atoms with E-state index in [1.165, 1.54) is 16.8 Å². The second-order valence-corrected chi connectivity index (χ2v) is 6.63. The van der Waals surface area contributed by atoms with Gasteiger partial charge in [0.25, 0.3) is 17.4 Å². The van der Waals surface area contributed by atoms with Gasteiger partial charge in [-0.2, -0.15) is 0 Å². The molecule has 0 saturated heterocycles. The molecule has 0 bridgehead atoms. The molecule has 0 radical (unpaired) electrons. The van der Waals surface area contributed by atoms with Crippen LogP contribution in [0.15, 0.2) is 70.2 Å². The number of rotatable bonds is 4. The summed E-state index contributed by atoms with van der Waals surface area (Å²) in [6, 6.07) is 12.7. The first kappa shape index (κ1) is 18.5.